The molecular formula is C15H21Cl2N3O3S. The average Bonchev–Trinajstić information content (AvgIpc) is 2.54. The number of hydrogen-bond donors (Lipinski definition) is 2. The molecular weight excluding hydrogens is 373 g/mol. The summed E-state index contributed by atoms with van der Waals surface area (Å²) in [5.74, 6) is 0.0237. The Morgan fingerprint density at radius 1 is 1.29 bits per heavy atom. The molecule has 1 aliphatic heterocycles. The minimum absolute atomic E-state index is 0.0437. The van der Waals surface area contributed by atoms with Gasteiger partial charge in [-0.15, -0.1) is 0 Å². The second kappa shape index (κ2) is 8.38. The third-order valence-corrected chi connectivity index (χ3v) is 5.94. The Labute approximate surface area is 152 Å². The molecule has 0 spiro atoms. The van der Waals surface area contributed by atoms with Gasteiger partial charge in [0.2, 0.25) is 15.9 Å². The van der Waals surface area contributed by atoms with Gasteiger partial charge in [0.1, 0.15) is 0 Å². The van der Waals surface area contributed by atoms with Crippen LogP contribution in [0.4, 0.5) is 5.69 Å². The van der Waals surface area contributed by atoms with Crippen LogP contribution in [-0.2, 0) is 14.8 Å². The van der Waals surface area contributed by atoms with Crippen LogP contribution in [-0.4, -0.2) is 50.7 Å². The van der Waals surface area contributed by atoms with Crippen LogP contribution < -0.4 is 10.0 Å². The Morgan fingerprint density at radius 2 is 1.96 bits per heavy atom. The van der Waals surface area contributed by atoms with E-state index in [1.165, 1.54) is 0 Å². The number of nitrogens with zero attached hydrogens (tertiary/aromatic N) is 1. The molecule has 0 saturated carbocycles. The van der Waals surface area contributed by atoms with E-state index in [9.17, 15) is 13.2 Å². The summed E-state index contributed by atoms with van der Waals surface area (Å²) < 4.78 is 25.8. The van der Waals surface area contributed by atoms with Gasteiger partial charge in [0.15, 0.2) is 0 Å². The standard InChI is InChI=1S/C15H21Cl2N3O3S/c1-2-24(22,23)19-12-5-7-20(8-6-12)15(21)10-18-14-4-3-11(16)9-13(14)17/h3-4,9,12,18-19H,2,5-8,10H2,1H3. The molecule has 1 amide bonds. The molecule has 1 aromatic carbocycles. The van der Waals surface area contributed by atoms with E-state index in [2.05, 4.69) is 10.0 Å². The molecule has 2 rings (SSSR count). The van der Waals surface area contributed by atoms with Crippen molar-refractivity contribution in [3.05, 3.63) is 28.2 Å². The second-order valence-electron chi connectivity index (χ2n) is 5.65. The first-order valence-electron chi connectivity index (χ1n) is 7.77. The van der Waals surface area contributed by atoms with Crippen molar-refractivity contribution in [1.29, 1.82) is 0 Å². The van der Waals surface area contributed by atoms with Gasteiger partial charge in [0.25, 0.3) is 0 Å². The van der Waals surface area contributed by atoms with E-state index in [1.54, 1.807) is 30.0 Å². The first kappa shape index (κ1) is 19.3. The highest BCUT2D eigenvalue weighted by atomic mass is 35.5. The van der Waals surface area contributed by atoms with Crippen molar-refractivity contribution in [2.75, 3.05) is 30.7 Å². The zero-order chi connectivity index (χ0) is 17.7. The Kier molecular flexibility index (Phi) is 6.74. The van der Waals surface area contributed by atoms with Crippen LogP contribution in [0, 0.1) is 0 Å². The Bertz CT molecular complexity index is 689. The summed E-state index contributed by atoms with van der Waals surface area (Å²) in [5.41, 5.74) is 0.653. The quantitative estimate of drug-likeness (QED) is 0.777. The van der Waals surface area contributed by atoms with E-state index < -0.39 is 10.0 Å². The Morgan fingerprint density at radius 3 is 2.54 bits per heavy atom. The number of carbonyl (C=O) groups is 1. The molecule has 0 aliphatic carbocycles. The van der Waals surface area contributed by atoms with E-state index in [0.717, 1.165) is 0 Å². The summed E-state index contributed by atoms with van der Waals surface area (Å²) in [4.78, 5) is 14.0. The van der Waals surface area contributed by atoms with Crippen LogP contribution in [0.2, 0.25) is 10.0 Å². The molecule has 0 aromatic heterocycles. The van der Waals surface area contributed by atoms with E-state index in [-0.39, 0.29) is 24.2 Å². The van der Waals surface area contributed by atoms with E-state index in [0.29, 0.717) is 41.7 Å². The lowest BCUT2D eigenvalue weighted by Gasteiger charge is -2.32. The van der Waals surface area contributed by atoms with E-state index in [1.807, 2.05) is 0 Å². The first-order valence-corrected chi connectivity index (χ1v) is 10.2. The van der Waals surface area contributed by atoms with Gasteiger partial charge in [-0.2, -0.15) is 0 Å². The van der Waals surface area contributed by atoms with Gasteiger partial charge in [-0.25, -0.2) is 13.1 Å². The van der Waals surface area contributed by atoms with Crippen LogP contribution in [0.1, 0.15) is 19.8 Å². The fourth-order valence-electron chi connectivity index (χ4n) is 2.50. The minimum Gasteiger partial charge on any atom is -0.375 e. The van der Waals surface area contributed by atoms with E-state index >= 15 is 0 Å². The number of piperidine rings is 1. The lowest BCUT2D eigenvalue weighted by Crippen LogP contribution is -2.48. The zero-order valence-corrected chi connectivity index (χ0v) is 15.7. The molecule has 0 radical (unpaired) electrons. The van der Waals surface area contributed by atoms with E-state index in [4.69, 9.17) is 23.2 Å². The van der Waals surface area contributed by atoms with Crippen LogP contribution >= 0.6 is 23.2 Å². The number of sulfonamides is 1. The predicted molar refractivity (Wildman–Crippen MR) is 97.2 cm³/mol. The Balaban J connectivity index is 1.80. The van der Waals surface area contributed by atoms with Crippen molar-refractivity contribution in [2.24, 2.45) is 0 Å². The summed E-state index contributed by atoms with van der Waals surface area (Å²) in [6, 6.07) is 4.94. The van der Waals surface area contributed by atoms with Gasteiger partial charge < -0.3 is 10.2 Å². The monoisotopic (exact) mass is 393 g/mol. The van der Waals surface area contributed by atoms with Crippen molar-refractivity contribution in [3.63, 3.8) is 0 Å². The summed E-state index contributed by atoms with van der Waals surface area (Å²) in [6.07, 6.45) is 1.24. The average molecular weight is 394 g/mol. The normalized spacial score (nSPS) is 16.2. The molecule has 6 nitrogen and oxygen atoms in total. The second-order valence-corrected chi connectivity index (χ2v) is 8.54. The molecule has 0 unspecified atom stereocenters. The SMILES string of the molecule is CCS(=O)(=O)NC1CCN(C(=O)CNc2ccc(Cl)cc2Cl)CC1. The largest absolute Gasteiger partial charge is 0.375 e. The van der Waals surface area contributed by atoms with Crippen molar-refractivity contribution >= 4 is 44.8 Å². The molecule has 0 atom stereocenters. The highest BCUT2D eigenvalue weighted by Crippen LogP contribution is 2.25. The number of nitrogens with one attached hydrogen (secondary N) is 2. The number of rotatable bonds is 6. The molecule has 1 aromatic rings. The van der Waals surface area contributed by atoms with Crippen molar-refractivity contribution < 1.29 is 13.2 Å². The summed E-state index contributed by atoms with van der Waals surface area (Å²) >= 11 is 11.9. The highest BCUT2D eigenvalue weighted by molar-refractivity contribution is 7.89. The number of benzene rings is 1. The van der Waals surface area contributed by atoms with Crippen molar-refractivity contribution in [1.82, 2.24) is 9.62 Å². The summed E-state index contributed by atoms with van der Waals surface area (Å²) in [6.45, 7) is 2.80. The molecule has 0 bridgehead atoms. The molecule has 24 heavy (non-hydrogen) atoms. The lowest BCUT2D eigenvalue weighted by atomic mass is 10.1. The van der Waals surface area contributed by atoms with Gasteiger partial charge >= 0.3 is 0 Å². The topological polar surface area (TPSA) is 78.5 Å². The van der Waals surface area contributed by atoms with Crippen LogP contribution in [0.15, 0.2) is 18.2 Å². The maximum Gasteiger partial charge on any atom is 0.241 e. The van der Waals surface area contributed by atoms with Gasteiger partial charge in [-0.3, -0.25) is 4.79 Å². The third kappa shape index (κ3) is 5.51. The molecule has 134 valence electrons. The van der Waals surface area contributed by atoms with Crippen LogP contribution in [0.5, 0.6) is 0 Å². The number of hydrogen-bond acceptors (Lipinski definition) is 4. The maximum atomic E-state index is 12.3. The summed E-state index contributed by atoms with van der Waals surface area (Å²) in [7, 11) is -3.20. The summed E-state index contributed by atoms with van der Waals surface area (Å²) in [5, 5.41) is 4.00. The fourth-order valence-corrected chi connectivity index (χ4v) is 3.89. The maximum absolute atomic E-state index is 12.3. The fraction of sp³-hybridized carbons (Fsp3) is 0.533. The van der Waals surface area contributed by atoms with Crippen LogP contribution in [0.25, 0.3) is 0 Å². The van der Waals surface area contributed by atoms with Gasteiger partial charge in [-0.1, -0.05) is 23.2 Å². The van der Waals surface area contributed by atoms with Gasteiger partial charge in [0.05, 0.1) is 23.0 Å². The molecule has 1 fully saturated rings. The lowest BCUT2D eigenvalue weighted by molar-refractivity contribution is -0.130. The minimum atomic E-state index is -3.20. The number of carbonyl (C=O) groups excluding carboxylic acids is 1. The number of likely N-dealkylation sites (tertiary alicyclic amines) is 1. The highest BCUT2D eigenvalue weighted by Gasteiger charge is 2.25. The van der Waals surface area contributed by atoms with Crippen LogP contribution in [0.3, 0.4) is 0 Å². The molecule has 9 heteroatoms. The Hall–Kier alpha value is -1.02. The first-order chi connectivity index (χ1) is 11.3. The molecule has 1 saturated heterocycles. The number of anilines is 1. The molecule has 1 heterocycles. The molecule has 2 N–H and O–H groups in total. The predicted octanol–water partition coefficient (Wildman–Crippen LogP) is 2.34. The van der Waals surface area contributed by atoms with Gasteiger partial charge in [0, 0.05) is 24.2 Å². The third-order valence-electron chi connectivity index (χ3n) is 3.94. The zero-order valence-electron chi connectivity index (χ0n) is 13.4. The smallest absolute Gasteiger partial charge is 0.241 e. The van der Waals surface area contributed by atoms with Crippen molar-refractivity contribution in [3.8, 4) is 0 Å². The number of amides is 1. The van der Waals surface area contributed by atoms with Crippen molar-refractivity contribution in [2.45, 2.75) is 25.8 Å². The van der Waals surface area contributed by atoms with Gasteiger partial charge in [-0.05, 0) is 38.0 Å². The molecule has 1 aliphatic rings. The number of halogens is 2.